The number of alkyl halides is 3. The van der Waals surface area contributed by atoms with Gasteiger partial charge in [0.25, 0.3) is 0 Å². The average Bonchev–Trinajstić information content (AvgIpc) is 2.68. The fourth-order valence-corrected chi connectivity index (χ4v) is 3.45. The molecule has 0 amide bonds. The molecule has 0 saturated carbocycles. The molecule has 0 unspecified atom stereocenters. The molecule has 2 aromatic heterocycles. The van der Waals surface area contributed by atoms with Crippen LogP contribution in [0.3, 0.4) is 0 Å². The number of carbonyl (C=O) groups excluding carboxylic acids is 1. The molecule has 2 heterocycles. The summed E-state index contributed by atoms with van der Waals surface area (Å²) >= 11 is 13.0. The van der Waals surface area contributed by atoms with E-state index in [1.807, 2.05) is 0 Å². The minimum Gasteiger partial charge on any atom is -0.289 e. The fourth-order valence-electron chi connectivity index (χ4n) is 2.33. The summed E-state index contributed by atoms with van der Waals surface area (Å²) in [6.07, 6.45) is -0.915. The molecule has 0 aliphatic carbocycles. The summed E-state index contributed by atoms with van der Waals surface area (Å²) in [6.45, 7) is 0. The van der Waals surface area contributed by atoms with Crippen molar-refractivity contribution in [1.82, 2.24) is 9.97 Å². The highest BCUT2D eigenvalue weighted by Crippen LogP contribution is 2.36. The van der Waals surface area contributed by atoms with E-state index in [4.69, 9.17) is 23.2 Å². The van der Waals surface area contributed by atoms with Crippen LogP contribution in [0.5, 0.6) is 0 Å². The standard InChI is InChI=1S/C20H11Cl2F3N2OS/c21-14-5-3-12(4-6-14)17(28)7-9-29-19-15(2-1-8-26-19)18-16(22)10-13(11-27-18)20(23,24)25/h1-11H/b9-7+. The summed E-state index contributed by atoms with van der Waals surface area (Å²) in [7, 11) is 0. The van der Waals surface area contributed by atoms with Crippen molar-refractivity contribution in [3.05, 3.63) is 87.5 Å². The molecule has 0 atom stereocenters. The van der Waals surface area contributed by atoms with E-state index in [-0.39, 0.29) is 16.5 Å². The van der Waals surface area contributed by atoms with Gasteiger partial charge in [-0.05, 0) is 53.9 Å². The first-order valence-corrected chi connectivity index (χ1v) is 9.70. The number of rotatable bonds is 5. The van der Waals surface area contributed by atoms with Gasteiger partial charge in [-0.1, -0.05) is 35.0 Å². The van der Waals surface area contributed by atoms with Crippen molar-refractivity contribution in [2.24, 2.45) is 0 Å². The number of hydrogen-bond donors (Lipinski definition) is 0. The Kier molecular flexibility index (Phi) is 6.62. The van der Waals surface area contributed by atoms with Gasteiger partial charge in [-0.3, -0.25) is 9.78 Å². The van der Waals surface area contributed by atoms with E-state index in [0.29, 0.717) is 21.2 Å². The van der Waals surface area contributed by atoms with Gasteiger partial charge in [0.15, 0.2) is 5.78 Å². The molecule has 148 valence electrons. The molecule has 3 aromatic rings. The van der Waals surface area contributed by atoms with Crippen LogP contribution in [0, 0.1) is 0 Å². The zero-order valence-electron chi connectivity index (χ0n) is 14.5. The maximum atomic E-state index is 12.8. The zero-order valence-corrected chi connectivity index (χ0v) is 16.8. The van der Waals surface area contributed by atoms with Crippen molar-refractivity contribution in [1.29, 1.82) is 0 Å². The summed E-state index contributed by atoms with van der Waals surface area (Å²) in [5, 5.41) is 2.37. The van der Waals surface area contributed by atoms with E-state index in [0.717, 1.165) is 24.0 Å². The summed E-state index contributed by atoms with van der Waals surface area (Å²) in [5.41, 5.74) is 0.172. The largest absolute Gasteiger partial charge is 0.417 e. The molecule has 0 N–H and O–H groups in total. The van der Waals surface area contributed by atoms with Gasteiger partial charge in [0.05, 0.1) is 16.3 Å². The first-order chi connectivity index (χ1) is 13.8. The highest BCUT2D eigenvalue weighted by atomic mass is 35.5. The van der Waals surface area contributed by atoms with Crippen LogP contribution in [0.2, 0.25) is 10.0 Å². The number of pyridine rings is 2. The van der Waals surface area contributed by atoms with Crippen LogP contribution in [-0.4, -0.2) is 15.8 Å². The second kappa shape index (κ2) is 8.98. The smallest absolute Gasteiger partial charge is 0.289 e. The van der Waals surface area contributed by atoms with E-state index >= 15 is 0 Å². The third kappa shape index (κ3) is 5.38. The van der Waals surface area contributed by atoms with Crippen LogP contribution >= 0.6 is 35.0 Å². The second-order valence-electron chi connectivity index (χ2n) is 5.70. The molecule has 0 spiro atoms. The van der Waals surface area contributed by atoms with Crippen molar-refractivity contribution in [2.75, 3.05) is 0 Å². The predicted octanol–water partition coefficient (Wildman–Crippen LogP) is 6.96. The third-order valence-corrected chi connectivity index (χ3v) is 5.08. The number of aromatic nitrogens is 2. The van der Waals surface area contributed by atoms with Crippen molar-refractivity contribution in [2.45, 2.75) is 11.2 Å². The number of halogens is 5. The number of nitrogens with zero attached hydrogens (tertiary/aromatic N) is 2. The number of carbonyl (C=O) groups is 1. The van der Waals surface area contributed by atoms with Crippen LogP contribution in [0.4, 0.5) is 13.2 Å². The van der Waals surface area contributed by atoms with Crippen molar-refractivity contribution in [3.63, 3.8) is 0 Å². The van der Waals surface area contributed by atoms with E-state index in [1.54, 1.807) is 41.8 Å². The lowest BCUT2D eigenvalue weighted by Gasteiger charge is -2.10. The Morgan fingerprint density at radius 2 is 1.79 bits per heavy atom. The number of benzene rings is 1. The van der Waals surface area contributed by atoms with Gasteiger partial charge >= 0.3 is 6.18 Å². The third-order valence-electron chi connectivity index (χ3n) is 3.72. The molecule has 0 radical (unpaired) electrons. The Bertz CT molecular complexity index is 1070. The molecular weight excluding hydrogens is 444 g/mol. The maximum Gasteiger partial charge on any atom is 0.417 e. The monoisotopic (exact) mass is 454 g/mol. The zero-order chi connectivity index (χ0) is 21.0. The normalized spacial score (nSPS) is 11.8. The lowest BCUT2D eigenvalue weighted by Crippen LogP contribution is -2.06. The first-order valence-electron chi connectivity index (χ1n) is 8.07. The van der Waals surface area contributed by atoms with Gasteiger partial charge in [-0.25, -0.2) is 4.98 Å². The molecule has 9 heteroatoms. The van der Waals surface area contributed by atoms with E-state index < -0.39 is 11.7 Å². The van der Waals surface area contributed by atoms with Gasteiger partial charge < -0.3 is 0 Å². The van der Waals surface area contributed by atoms with E-state index in [2.05, 4.69) is 9.97 Å². The van der Waals surface area contributed by atoms with Crippen LogP contribution in [-0.2, 0) is 6.18 Å². The molecule has 1 aromatic carbocycles. The molecule has 3 nitrogen and oxygen atoms in total. The highest BCUT2D eigenvalue weighted by Gasteiger charge is 2.31. The summed E-state index contributed by atoms with van der Waals surface area (Å²) in [6, 6.07) is 10.5. The van der Waals surface area contributed by atoms with Crippen molar-refractivity contribution >= 4 is 40.7 Å². The highest BCUT2D eigenvalue weighted by molar-refractivity contribution is 8.02. The number of thioether (sulfide) groups is 1. The van der Waals surface area contributed by atoms with Crippen LogP contribution in [0.25, 0.3) is 11.3 Å². The summed E-state index contributed by atoms with van der Waals surface area (Å²) < 4.78 is 38.5. The molecule has 0 fully saturated rings. The molecule has 0 aliphatic rings. The van der Waals surface area contributed by atoms with Gasteiger partial charge in [0.2, 0.25) is 0 Å². The molecular formula is C20H11Cl2F3N2OS. The number of ketones is 1. The first kappa shape index (κ1) is 21.4. The van der Waals surface area contributed by atoms with Gasteiger partial charge in [0.1, 0.15) is 5.03 Å². The molecule has 0 aliphatic heterocycles. The lowest BCUT2D eigenvalue weighted by molar-refractivity contribution is -0.137. The van der Waals surface area contributed by atoms with Gasteiger partial charge in [-0.2, -0.15) is 13.2 Å². The number of allylic oxidation sites excluding steroid dienone is 1. The van der Waals surface area contributed by atoms with Crippen LogP contribution in [0.15, 0.2) is 71.4 Å². The van der Waals surface area contributed by atoms with Crippen molar-refractivity contribution < 1.29 is 18.0 Å². The Hall–Kier alpha value is -2.35. The Balaban J connectivity index is 1.83. The number of hydrogen-bond acceptors (Lipinski definition) is 4. The SMILES string of the molecule is O=C(/C=C/Sc1ncccc1-c1ncc(C(F)(F)F)cc1Cl)c1ccc(Cl)cc1. The van der Waals surface area contributed by atoms with Gasteiger partial charge in [0, 0.05) is 28.5 Å². The van der Waals surface area contributed by atoms with Crippen molar-refractivity contribution in [3.8, 4) is 11.3 Å². The minimum absolute atomic E-state index is 0.143. The molecule has 29 heavy (non-hydrogen) atoms. The van der Waals surface area contributed by atoms with Gasteiger partial charge in [-0.15, -0.1) is 0 Å². The van der Waals surface area contributed by atoms with E-state index in [1.165, 1.54) is 12.3 Å². The Labute approximate surface area is 178 Å². The maximum absolute atomic E-state index is 12.8. The minimum atomic E-state index is -4.54. The Morgan fingerprint density at radius 1 is 1.07 bits per heavy atom. The topological polar surface area (TPSA) is 42.9 Å². The Morgan fingerprint density at radius 3 is 2.45 bits per heavy atom. The molecule has 0 saturated heterocycles. The second-order valence-corrected chi connectivity index (χ2v) is 7.44. The van der Waals surface area contributed by atoms with Crippen LogP contribution < -0.4 is 0 Å². The average molecular weight is 455 g/mol. The lowest BCUT2D eigenvalue weighted by atomic mass is 10.1. The molecule has 3 rings (SSSR count). The predicted molar refractivity (Wildman–Crippen MR) is 108 cm³/mol. The molecule has 0 bridgehead atoms. The van der Waals surface area contributed by atoms with E-state index in [9.17, 15) is 18.0 Å². The summed E-state index contributed by atoms with van der Waals surface area (Å²) in [5.74, 6) is -0.225. The summed E-state index contributed by atoms with van der Waals surface area (Å²) in [4.78, 5) is 20.3. The quantitative estimate of drug-likeness (QED) is 0.237. The fraction of sp³-hybridized carbons (Fsp3) is 0.0500. The van der Waals surface area contributed by atoms with Crippen LogP contribution in [0.1, 0.15) is 15.9 Å².